The second kappa shape index (κ2) is 6.62. The van der Waals surface area contributed by atoms with E-state index >= 15 is 0 Å². The van der Waals surface area contributed by atoms with Gasteiger partial charge >= 0.3 is 0 Å². The van der Waals surface area contributed by atoms with Crippen molar-refractivity contribution in [1.82, 2.24) is 9.55 Å². The van der Waals surface area contributed by atoms with Crippen LogP contribution in [0, 0.1) is 5.82 Å². The third-order valence-corrected chi connectivity index (χ3v) is 4.36. The molecule has 0 bridgehead atoms. The molecule has 2 nitrogen and oxygen atoms in total. The van der Waals surface area contributed by atoms with Crippen LogP contribution in [-0.4, -0.2) is 21.1 Å². The number of alkyl halides is 1. The Labute approximate surface area is 122 Å². The van der Waals surface area contributed by atoms with Crippen LogP contribution >= 0.6 is 23.4 Å². The summed E-state index contributed by atoms with van der Waals surface area (Å²) in [5.41, 5.74) is 1.26. The summed E-state index contributed by atoms with van der Waals surface area (Å²) >= 11 is 7.87. The molecule has 1 atom stereocenters. The zero-order chi connectivity index (χ0) is 13.8. The Kier molecular flexibility index (Phi) is 5.11. The van der Waals surface area contributed by atoms with E-state index < -0.39 is 0 Å². The first-order valence-electron chi connectivity index (χ1n) is 6.48. The number of fused-ring (bicyclic) bond motifs is 1. The predicted octanol–water partition coefficient (Wildman–Crippen LogP) is 4.62. The lowest BCUT2D eigenvalue weighted by Crippen LogP contribution is -2.09. The van der Waals surface area contributed by atoms with Crippen LogP contribution in [0.25, 0.3) is 11.0 Å². The molecule has 2 rings (SSSR count). The first kappa shape index (κ1) is 14.7. The monoisotopic (exact) mass is 300 g/mol. The van der Waals surface area contributed by atoms with Crippen LogP contribution in [0.1, 0.15) is 32.1 Å². The van der Waals surface area contributed by atoms with Gasteiger partial charge in [0.15, 0.2) is 5.82 Å². The number of rotatable bonds is 6. The lowest BCUT2D eigenvalue weighted by Gasteiger charge is -2.16. The fourth-order valence-corrected chi connectivity index (χ4v) is 3.23. The Balaban J connectivity index is 2.37. The number of benzene rings is 1. The third-order valence-electron chi connectivity index (χ3n) is 3.19. The van der Waals surface area contributed by atoms with Crippen LogP contribution in [0.15, 0.2) is 18.2 Å². The van der Waals surface area contributed by atoms with Gasteiger partial charge in [-0.25, -0.2) is 9.37 Å². The Morgan fingerprint density at radius 2 is 2.26 bits per heavy atom. The number of nitrogens with zero attached hydrogens (tertiary/aromatic N) is 2. The number of imidazole rings is 1. The fraction of sp³-hybridized carbons (Fsp3) is 0.500. The molecule has 1 aromatic carbocycles. The molecule has 1 aromatic heterocycles. The van der Waals surface area contributed by atoms with Crippen molar-refractivity contribution < 1.29 is 4.39 Å². The van der Waals surface area contributed by atoms with E-state index in [0.29, 0.717) is 11.4 Å². The molecule has 0 saturated heterocycles. The maximum absolute atomic E-state index is 13.8. The van der Waals surface area contributed by atoms with Gasteiger partial charge in [-0.3, -0.25) is 0 Å². The van der Waals surface area contributed by atoms with Crippen LogP contribution in [0.3, 0.4) is 0 Å². The second-order valence-electron chi connectivity index (χ2n) is 4.47. The van der Waals surface area contributed by atoms with E-state index in [4.69, 9.17) is 11.6 Å². The molecular weight excluding hydrogens is 283 g/mol. The quantitative estimate of drug-likeness (QED) is 0.572. The minimum absolute atomic E-state index is 0.277. The maximum Gasteiger partial charge on any atom is 0.151 e. The van der Waals surface area contributed by atoms with E-state index in [0.717, 1.165) is 29.3 Å². The van der Waals surface area contributed by atoms with Gasteiger partial charge in [0.25, 0.3) is 0 Å². The molecule has 0 radical (unpaired) electrons. The molecule has 1 heterocycles. The van der Waals surface area contributed by atoms with Crippen molar-refractivity contribution in [2.75, 3.05) is 11.5 Å². The molecule has 104 valence electrons. The normalized spacial score (nSPS) is 13.1. The molecule has 0 saturated carbocycles. The maximum atomic E-state index is 13.8. The number of para-hydroxylation sites is 1. The first-order chi connectivity index (χ1) is 9.19. The van der Waals surface area contributed by atoms with E-state index in [9.17, 15) is 4.39 Å². The van der Waals surface area contributed by atoms with E-state index in [1.165, 1.54) is 6.07 Å². The summed E-state index contributed by atoms with van der Waals surface area (Å²) in [6, 6.07) is 5.35. The first-order valence-corrected chi connectivity index (χ1v) is 8.17. The lowest BCUT2D eigenvalue weighted by molar-refractivity contribution is 0.534. The van der Waals surface area contributed by atoms with Gasteiger partial charge in [0.05, 0.1) is 11.4 Å². The van der Waals surface area contributed by atoms with Crippen molar-refractivity contribution in [3.63, 3.8) is 0 Å². The van der Waals surface area contributed by atoms with Gasteiger partial charge in [0.2, 0.25) is 0 Å². The largest absolute Gasteiger partial charge is 0.324 e. The van der Waals surface area contributed by atoms with Crippen LogP contribution < -0.4 is 0 Å². The number of thioether (sulfide) groups is 1. The van der Waals surface area contributed by atoms with Crippen LogP contribution in [-0.2, 0) is 5.88 Å². The molecule has 0 spiro atoms. The molecule has 0 aliphatic carbocycles. The summed E-state index contributed by atoms with van der Waals surface area (Å²) in [5.74, 6) is 2.98. The van der Waals surface area contributed by atoms with Gasteiger partial charge < -0.3 is 4.57 Å². The summed E-state index contributed by atoms with van der Waals surface area (Å²) in [5, 5.41) is 0. The van der Waals surface area contributed by atoms with Crippen molar-refractivity contribution in [3.05, 3.63) is 29.8 Å². The van der Waals surface area contributed by atoms with Gasteiger partial charge in [-0.15, -0.1) is 11.6 Å². The molecule has 0 aliphatic heterocycles. The SMILES string of the molecule is CCSCCC(C)n1c(CCl)nc2c(F)cccc21. The summed E-state index contributed by atoms with van der Waals surface area (Å²) in [4.78, 5) is 4.33. The minimum atomic E-state index is -0.280. The average molecular weight is 301 g/mol. The number of hydrogen-bond acceptors (Lipinski definition) is 2. The zero-order valence-electron chi connectivity index (χ0n) is 11.2. The molecule has 2 aromatic rings. The van der Waals surface area contributed by atoms with Crippen molar-refractivity contribution in [3.8, 4) is 0 Å². The molecule has 19 heavy (non-hydrogen) atoms. The predicted molar refractivity (Wildman–Crippen MR) is 81.6 cm³/mol. The van der Waals surface area contributed by atoms with Gasteiger partial charge in [-0.1, -0.05) is 13.0 Å². The minimum Gasteiger partial charge on any atom is -0.324 e. The number of aromatic nitrogens is 2. The zero-order valence-corrected chi connectivity index (χ0v) is 12.8. The van der Waals surface area contributed by atoms with Gasteiger partial charge in [0.1, 0.15) is 11.3 Å². The highest BCUT2D eigenvalue weighted by Crippen LogP contribution is 2.26. The highest BCUT2D eigenvalue weighted by atomic mass is 35.5. The third kappa shape index (κ3) is 3.06. The lowest BCUT2D eigenvalue weighted by atomic mass is 10.2. The van der Waals surface area contributed by atoms with Crippen LogP contribution in [0.2, 0.25) is 0 Å². The van der Waals surface area contributed by atoms with E-state index in [1.807, 2.05) is 17.8 Å². The van der Waals surface area contributed by atoms with Gasteiger partial charge in [0, 0.05) is 6.04 Å². The topological polar surface area (TPSA) is 17.8 Å². The fourth-order valence-electron chi connectivity index (χ4n) is 2.24. The summed E-state index contributed by atoms with van der Waals surface area (Å²) in [6.07, 6.45) is 1.03. The van der Waals surface area contributed by atoms with E-state index in [-0.39, 0.29) is 11.9 Å². The summed E-state index contributed by atoms with van der Waals surface area (Å²) in [6.45, 7) is 4.29. The van der Waals surface area contributed by atoms with Crippen molar-refractivity contribution in [2.24, 2.45) is 0 Å². The Bertz CT molecular complexity index is 556. The van der Waals surface area contributed by atoms with E-state index in [1.54, 1.807) is 6.07 Å². The van der Waals surface area contributed by atoms with Crippen molar-refractivity contribution >= 4 is 34.4 Å². The molecule has 0 aliphatic rings. The smallest absolute Gasteiger partial charge is 0.151 e. The van der Waals surface area contributed by atoms with Gasteiger partial charge in [-0.05, 0) is 37.0 Å². The van der Waals surface area contributed by atoms with Crippen molar-refractivity contribution in [2.45, 2.75) is 32.2 Å². The molecule has 5 heteroatoms. The summed E-state index contributed by atoms with van der Waals surface area (Å²) in [7, 11) is 0. The van der Waals surface area contributed by atoms with Crippen molar-refractivity contribution in [1.29, 1.82) is 0 Å². The highest BCUT2D eigenvalue weighted by molar-refractivity contribution is 7.99. The average Bonchev–Trinajstić information content (AvgIpc) is 2.79. The Hall–Kier alpha value is -0.740. The Morgan fingerprint density at radius 1 is 1.47 bits per heavy atom. The molecule has 0 N–H and O–H groups in total. The Morgan fingerprint density at radius 3 is 2.95 bits per heavy atom. The molecule has 0 amide bonds. The molecule has 0 fully saturated rings. The van der Waals surface area contributed by atoms with E-state index in [2.05, 4.69) is 23.4 Å². The van der Waals surface area contributed by atoms with Crippen LogP contribution in [0.5, 0.6) is 0 Å². The highest BCUT2D eigenvalue weighted by Gasteiger charge is 2.17. The molecular formula is C14H18ClFN2S. The summed E-state index contributed by atoms with van der Waals surface area (Å²) < 4.78 is 15.8. The molecule has 1 unspecified atom stereocenters. The number of halogens is 2. The second-order valence-corrected chi connectivity index (χ2v) is 6.13. The van der Waals surface area contributed by atoms with Gasteiger partial charge in [-0.2, -0.15) is 11.8 Å². The standard InChI is InChI=1S/C14H18ClFN2S/c1-3-19-8-7-10(2)18-12-6-4-5-11(16)14(12)17-13(18)9-15/h4-6,10H,3,7-9H2,1-2H3. The number of hydrogen-bond donors (Lipinski definition) is 0. The van der Waals surface area contributed by atoms with Crippen LogP contribution in [0.4, 0.5) is 4.39 Å².